The van der Waals surface area contributed by atoms with Gasteiger partial charge in [-0.3, -0.25) is 4.79 Å². The number of hydrogen-bond donors (Lipinski definition) is 2. The van der Waals surface area contributed by atoms with Gasteiger partial charge in [0.05, 0.1) is 11.7 Å². The quantitative estimate of drug-likeness (QED) is 0.518. The molecule has 3 aromatic rings. The van der Waals surface area contributed by atoms with Gasteiger partial charge in [0.25, 0.3) is 15.9 Å². The molecule has 0 bridgehead atoms. The van der Waals surface area contributed by atoms with E-state index in [9.17, 15) is 17.6 Å². The molecule has 1 aliphatic carbocycles. The lowest BCUT2D eigenvalue weighted by atomic mass is 10.0. The van der Waals surface area contributed by atoms with Crippen LogP contribution in [0, 0.1) is 11.6 Å². The molecule has 2 heterocycles. The summed E-state index contributed by atoms with van der Waals surface area (Å²) in [4.78, 5) is 19.9. The molecule has 35 heavy (non-hydrogen) atoms. The predicted octanol–water partition coefficient (Wildman–Crippen LogP) is 3.45. The lowest BCUT2D eigenvalue weighted by Gasteiger charge is -2.14. The van der Waals surface area contributed by atoms with Crippen LogP contribution >= 0.6 is 0 Å². The van der Waals surface area contributed by atoms with Crippen molar-refractivity contribution in [1.29, 1.82) is 0 Å². The maximum atomic E-state index is 15.3. The number of nitrogens with zero attached hydrogens (tertiary/aromatic N) is 2. The molecule has 2 N–H and O–H groups in total. The van der Waals surface area contributed by atoms with E-state index >= 15 is 4.39 Å². The van der Waals surface area contributed by atoms with Crippen LogP contribution in [-0.4, -0.2) is 36.9 Å². The Morgan fingerprint density at radius 3 is 2.51 bits per heavy atom. The Morgan fingerprint density at radius 1 is 1.06 bits per heavy atom. The summed E-state index contributed by atoms with van der Waals surface area (Å²) in [6.07, 6.45) is 4.64. The number of hydrogen-bond acceptors (Lipinski definition) is 6. The molecule has 7 nitrogen and oxygen atoms in total. The van der Waals surface area contributed by atoms with Crippen molar-refractivity contribution < 1.29 is 22.0 Å². The van der Waals surface area contributed by atoms with Crippen molar-refractivity contribution in [2.75, 3.05) is 6.54 Å². The highest BCUT2D eigenvalue weighted by molar-refractivity contribution is 7.90. The first-order valence-electron chi connectivity index (χ1n) is 11.5. The van der Waals surface area contributed by atoms with E-state index in [0.717, 1.165) is 24.1 Å². The SMILES string of the molecule is O=C(NS(=O)(=O)c1ccc(F)c(Cc2cc(-c3ccc(C4CC4)cc3)ncn2)c1F)C1CCCN1. The summed E-state index contributed by atoms with van der Waals surface area (Å²) in [6, 6.07) is 10.7. The van der Waals surface area contributed by atoms with E-state index in [0.29, 0.717) is 30.3 Å². The minimum atomic E-state index is -4.53. The van der Waals surface area contributed by atoms with Gasteiger partial charge in [-0.05, 0) is 61.9 Å². The van der Waals surface area contributed by atoms with Gasteiger partial charge in [0.15, 0.2) is 0 Å². The molecule has 1 amide bonds. The molecule has 1 aromatic heterocycles. The maximum absolute atomic E-state index is 15.3. The van der Waals surface area contributed by atoms with Crippen LogP contribution in [0.2, 0.25) is 0 Å². The van der Waals surface area contributed by atoms with Gasteiger partial charge in [-0.25, -0.2) is 31.9 Å². The summed E-state index contributed by atoms with van der Waals surface area (Å²) >= 11 is 0. The highest BCUT2D eigenvalue weighted by atomic mass is 32.2. The van der Waals surface area contributed by atoms with Crippen LogP contribution in [0.1, 0.15) is 48.4 Å². The Bertz CT molecular complexity index is 1370. The van der Waals surface area contributed by atoms with Crippen molar-refractivity contribution in [2.24, 2.45) is 0 Å². The summed E-state index contributed by atoms with van der Waals surface area (Å²) in [7, 11) is -4.53. The van der Waals surface area contributed by atoms with E-state index in [2.05, 4.69) is 27.4 Å². The molecule has 0 spiro atoms. The van der Waals surface area contributed by atoms with E-state index in [-0.39, 0.29) is 6.42 Å². The third-order valence-electron chi connectivity index (χ3n) is 6.39. The molecule has 5 rings (SSSR count). The highest BCUT2D eigenvalue weighted by Crippen LogP contribution is 2.40. The number of carbonyl (C=O) groups excluding carboxylic acids is 1. The van der Waals surface area contributed by atoms with Gasteiger partial charge in [-0.1, -0.05) is 24.3 Å². The normalized spacial score (nSPS) is 17.9. The van der Waals surface area contributed by atoms with E-state index in [1.807, 2.05) is 16.9 Å². The first-order chi connectivity index (χ1) is 16.8. The van der Waals surface area contributed by atoms with Crippen LogP contribution in [0.15, 0.2) is 53.7 Å². The Kier molecular flexibility index (Phi) is 6.33. The smallest absolute Gasteiger partial charge is 0.267 e. The molecule has 2 fully saturated rings. The summed E-state index contributed by atoms with van der Waals surface area (Å²) in [6.45, 7) is 0.596. The van der Waals surface area contributed by atoms with E-state index < -0.39 is 44.1 Å². The fraction of sp³-hybridized carbons (Fsp3) is 0.320. The molecule has 182 valence electrons. The molecular formula is C25H24F2N4O3S. The third-order valence-corrected chi connectivity index (χ3v) is 7.75. The van der Waals surface area contributed by atoms with Gasteiger partial charge in [-0.2, -0.15) is 0 Å². The second-order valence-corrected chi connectivity index (χ2v) is 10.6. The van der Waals surface area contributed by atoms with Gasteiger partial charge in [-0.15, -0.1) is 0 Å². The Hall–Kier alpha value is -3.24. The lowest BCUT2D eigenvalue weighted by Crippen LogP contribution is -2.43. The van der Waals surface area contributed by atoms with Crippen LogP contribution in [0.4, 0.5) is 8.78 Å². The molecule has 0 radical (unpaired) electrons. The second-order valence-electron chi connectivity index (χ2n) is 8.92. The Morgan fingerprint density at radius 2 is 1.83 bits per heavy atom. The largest absolute Gasteiger partial charge is 0.306 e. The summed E-state index contributed by atoms with van der Waals surface area (Å²) in [5.74, 6) is -2.29. The predicted molar refractivity (Wildman–Crippen MR) is 125 cm³/mol. The van der Waals surface area contributed by atoms with Gasteiger partial charge < -0.3 is 5.32 Å². The number of aromatic nitrogens is 2. The Labute approximate surface area is 202 Å². The molecule has 2 aliphatic rings. The first-order valence-corrected chi connectivity index (χ1v) is 13.0. The zero-order valence-electron chi connectivity index (χ0n) is 18.8. The van der Waals surface area contributed by atoms with Crippen molar-refractivity contribution in [3.63, 3.8) is 0 Å². The first kappa shape index (κ1) is 23.5. The number of amides is 1. The highest BCUT2D eigenvalue weighted by Gasteiger charge is 2.30. The molecule has 1 saturated carbocycles. The number of rotatable bonds is 7. The van der Waals surface area contributed by atoms with E-state index in [1.165, 1.54) is 24.7 Å². The zero-order valence-corrected chi connectivity index (χ0v) is 19.6. The average Bonchev–Trinajstić information content (AvgIpc) is 3.54. The molecule has 1 unspecified atom stereocenters. The monoisotopic (exact) mass is 498 g/mol. The van der Waals surface area contributed by atoms with Crippen LogP contribution in [0.5, 0.6) is 0 Å². The van der Waals surface area contributed by atoms with Crippen molar-refractivity contribution in [1.82, 2.24) is 20.0 Å². The molecule has 2 aromatic carbocycles. The molecule has 1 saturated heterocycles. The van der Waals surface area contributed by atoms with Crippen LogP contribution in [0.25, 0.3) is 11.3 Å². The lowest BCUT2D eigenvalue weighted by molar-refractivity contribution is -0.121. The van der Waals surface area contributed by atoms with Gasteiger partial charge in [0.2, 0.25) is 0 Å². The number of sulfonamides is 1. The van der Waals surface area contributed by atoms with Crippen molar-refractivity contribution in [3.8, 4) is 11.3 Å². The van der Waals surface area contributed by atoms with Crippen molar-refractivity contribution in [3.05, 3.63) is 77.2 Å². The minimum absolute atomic E-state index is 0.283. The Balaban J connectivity index is 1.39. The summed E-state index contributed by atoms with van der Waals surface area (Å²) < 4.78 is 57.2. The van der Waals surface area contributed by atoms with Crippen molar-refractivity contribution in [2.45, 2.75) is 49.0 Å². The van der Waals surface area contributed by atoms with Crippen LogP contribution in [0.3, 0.4) is 0 Å². The molecule has 10 heteroatoms. The average molecular weight is 499 g/mol. The van der Waals surface area contributed by atoms with Crippen molar-refractivity contribution >= 4 is 15.9 Å². The number of carbonyl (C=O) groups is 1. The standard InChI is InChI=1S/C25H24F2N4O3S/c26-20-9-10-23(35(33,34)31-25(32)21-2-1-11-28-21)24(27)19(20)12-18-13-22(30-14-29-18)17-7-5-16(6-8-17)15-3-4-15/h5-10,13-15,21,28H,1-4,11-12H2,(H,31,32). The number of benzene rings is 2. The fourth-order valence-corrected chi connectivity index (χ4v) is 5.41. The minimum Gasteiger partial charge on any atom is -0.306 e. The number of nitrogens with one attached hydrogen (secondary N) is 2. The van der Waals surface area contributed by atoms with E-state index in [4.69, 9.17) is 0 Å². The number of halogens is 2. The van der Waals surface area contributed by atoms with Gasteiger partial charge in [0.1, 0.15) is 22.9 Å². The summed E-state index contributed by atoms with van der Waals surface area (Å²) in [5, 5.41) is 2.88. The van der Waals surface area contributed by atoms with Gasteiger partial charge >= 0.3 is 0 Å². The van der Waals surface area contributed by atoms with Gasteiger partial charge in [0, 0.05) is 23.2 Å². The van der Waals surface area contributed by atoms with E-state index in [1.54, 1.807) is 6.07 Å². The fourth-order valence-electron chi connectivity index (χ4n) is 4.29. The zero-order chi connectivity index (χ0) is 24.6. The topological polar surface area (TPSA) is 101 Å². The third kappa shape index (κ3) is 5.08. The maximum Gasteiger partial charge on any atom is 0.267 e. The second kappa shape index (κ2) is 9.43. The molecule has 1 atom stereocenters. The van der Waals surface area contributed by atoms with Crippen LogP contribution < -0.4 is 10.0 Å². The molecular weight excluding hydrogens is 474 g/mol. The molecule has 1 aliphatic heterocycles. The summed E-state index contributed by atoms with van der Waals surface area (Å²) in [5.41, 5.74) is 2.60. The van der Waals surface area contributed by atoms with Crippen LogP contribution in [-0.2, 0) is 21.2 Å².